The monoisotopic (exact) mass is 384 g/mol. The highest BCUT2D eigenvalue weighted by Gasteiger charge is 2.36. The minimum absolute atomic E-state index is 0.00549. The van der Waals surface area contributed by atoms with E-state index in [1.807, 2.05) is 0 Å². The standard InChI is InChI=1S/C17H12Cl2F2N2O2/c18-10-1-4-15(12(19)6-10)23-8-9(5-16(23)24)17(25)22-11-2-3-13(20)14(21)7-11/h1-4,6-7,9H,5,8H2,(H,22,25). The van der Waals surface area contributed by atoms with Crippen LogP contribution < -0.4 is 10.2 Å². The Kier molecular flexibility index (Phi) is 4.92. The summed E-state index contributed by atoms with van der Waals surface area (Å²) in [6.07, 6.45) is -0.00549. The van der Waals surface area contributed by atoms with Gasteiger partial charge in [0.15, 0.2) is 11.6 Å². The molecule has 1 aliphatic heterocycles. The number of carbonyl (C=O) groups excluding carboxylic acids is 2. The number of anilines is 2. The second-order valence-electron chi connectivity index (χ2n) is 5.62. The van der Waals surface area contributed by atoms with Gasteiger partial charge in [0, 0.05) is 29.7 Å². The molecule has 2 aromatic carbocycles. The first-order valence-electron chi connectivity index (χ1n) is 7.36. The van der Waals surface area contributed by atoms with Crippen molar-refractivity contribution in [2.45, 2.75) is 6.42 Å². The number of nitrogens with one attached hydrogen (secondary N) is 1. The van der Waals surface area contributed by atoms with Crippen molar-refractivity contribution in [2.24, 2.45) is 5.92 Å². The molecule has 1 N–H and O–H groups in total. The fraction of sp³-hybridized carbons (Fsp3) is 0.176. The normalized spacial score (nSPS) is 17.0. The predicted octanol–water partition coefficient (Wildman–Crippen LogP) is 4.26. The molecule has 0 radical (unpaired) electrons. The number of nitrogens with zero attached hydrogens (tertiary/aromatic N) is 1. The lowest BCUT2D eigenvalue weighted by atomic mass is 10.1. The molecule has 1 atom stereocenters. The summed E-state index contributed by atoms with van der Waals surface area (Å²) in [6.45, 7) is 0.135. The Labute approximate surface area is 152 Å². The average Bonchev–Trinajstić information content (AvgIpc) is 2.93. The minimum atomic E-state index is -1.06. The number of benzene rings is 2. The van der Waals surface area contributed by atoms with E-state index in [4.69, 9.17) is 23.2 Å². The van der Waals surface area contributed by atoms with Gasteiger partial charge in [0.1, 0.15) is 0 Å². The van der Waals surface area contributed by atoms with Crippen molar-refractivity contribution in [3.05, 3.63) is 58.1 Å². The molecule has 1 heterocycles. The van der Waals surface area contributed by atoms with Crippen LogP contribution in [0, 0.1) is 17.6 Å². The molecule has 130 valence electrons. The Morgan fingerprint density at radius 3 is 2.56 bits per heavy atom. The van der Waals surface area contributed by atoms with Crippen LogP contribution in [-0.4, -0.2) is 18.4 Å². The summed E-state index contributed by atoms with van der Waals surface area (Å²) in [5.74, 6) is -3.40. The molecule has 1 aliphatic rings. The molecule has 0 aliphatic carbocycles. The van der Waals surface area contributed by atoms with Crippen molar-refractivity contribution in [1.82, 2.24) is 0 Å². The Balaban J connectivity index is 1.73. The minimum Gasteiger partial charge on any atom is -0.326 e. The second-order valence-corrected chi connectivity index (χ2v) is 6.46. The maximum atomic E-state index is 13.2. The fourth-order valence-electron chi connectivity index (χ4n) is 2.63. The van der Waals surface area contributed by atoms with E-state index in [2.05, 4.69) is 5.32 Å². The fourth-order valence-corrected chi connectivity index (χ4v) is 3.14. The number of halogens is 4. The topological polar surface area (TPSA) is 49.4 Å². The quantitative estimate of drug-likeness (QED) is 0.858. The summed E-state index contributed by atoms with van der Waals surface area (Å²) in [7, 11) is 0. The highest BCUT2D eigenvalue weighted by atomic mass is 35.5. The molecular weight excluding hydrogens is 373 g/mol. The summed E-state index contributed by atoms with van der Waals surface area (Å²) >= 11 is 12.0. The lowest BCUT2D eigenvalue weighted by molar-refractivity contribution is -0.122. The van der Waals surface area contributed by atoms with Crippen LogP contribution in [0.3, 0.4) is 0 Å². The van der Waals surface area contributed by atoms with Crippen molar-refractivity contribution in [3.63, 3.8) is 0 Å². The van der Waals surface area contributed by atoms with E-state index in [0.29, 0.717) is 15.7 Å². The van der Waals surface area contributed by atoms with Crippen molar-refractivity contribution < 1.29 is 18.4 Å². The van der Waals surface area contributed by atoms with E-state index in [9.17, 15) is 18.4 Å². The van der Waals surface area contributed by atoms with Crippen LogP contribution in [0.2, 0.25) is 10.0 Å². The molecule has 3 rings (SSSR count). The number of hydrogen-bond acceptors (Lipinski definition) is 2. The van der Waals surface area contributed by atoms with Gasteiger partial charge in [0.2, 0.25) is 11.8 Å². The van der Waals surface area contributed by atoms with Gasteiger partial charge in [-0.3, -0.25) is 9.59 Å². The van der Waals surface area contributed by atoms with Crippen LogP contribution in [-0.2, 0) is 9.59 Å². The first kappa shape index (κ1) is 17.6. The van der Waals surface area contributed by atoms with Gasteiger partial charge in [0.05, 0.1) is 16.6 Å². The van der Waals surface area contributed by atoms with Crippen molar-refractivity contribution in [1.29, 1.82) is 0 Å². The molecule has 1 fully saturated rings. The van der Waals surface area contributed by atoms with Gasteiger partial charge in [0.25, 0.3) is 0 Å². The van der Waals surface area contributed by atoms with Crippen LogP contribution in [0.15, 0.2) is 36.4 Å². The van der Waals surface area contributed by atoms with Crippen LogP contribution in [0.1, 0.15) is 6.42 Å². The Morgan fingerprint density at radius 2 is 1.88 bits per heavy atom. The molecule has 0 aromatic heterocycles. The third-order valence-corrected chi connectivity index (χ3v) is 4.42. The van der Waals surface area contributed by atoms with E-state index in [1.165, 1.54) is 17.0 Å². The third kappa shape index (κ3) is 3.75. The first-order chi connectivity index (χ1) is 11.8. The summed E-state index contributed by atoms with van der Waals surface area (Å²) in [5, 5.41) is 3.24. The Hall–Kier alpha value is -2.18. The highest BCUT2D eigenvalue weighted by molar-refractivity contribution is 6.36. The Morgan fingerprint density at radius 1 is 1.12 bits per heavy atom. The summed E-state index contributed by atoms with van der Waals surface area (Å²) < 4.78 is 26.1. The lowest BCUT2D eigenvalue weighted by Gasteiger charge is -2.18. The number of amides is 2. The van der Waals surface area contributed by atoms with Crippen LogP contribution in [0.4, 0.5) is 20.2 Å². The average molecular weight is 385 g/mol. The SMILES string of the molecule is O=C(Nc1ccc(F)c(F)c1)C1CC(=O)N(c2ccc(Cl)cc2Cl)C1. The molecule has 1 saturated heterocycles. The molecule has 2 aromatic rings. The van der Waals surface area contributed by atoms with E-state index in [1.54, 1.807) is 12.1 Å². The number of hydrogen-bond donors (Lipinski definition) is 1. The second kappa shape index (κ2) is 6.98. The van der Waals surface area contributed by atoms with Gasteiger partial charge in [-0.2, -0.15) is 0 Å². The molecule has 0 bridgehead atoms. The van der Waals surface area contributed by atoms with E-state index in [-0.39, 0.29) is 24.6 Å². The largest absolute Gasteiger partial charge is 0.326 e. The zero-order valence-electron chi connectivity index (χ0n) is 12.7. The number of carbonyl (C=O) groups is 2. The van der Waals surface area contributed by atoms with Crippen molar-refractivity contribution in [2.75, 3.05) is 16.8 Å². The molecule has 0 saturated carbocycles. The highest BCUT2D eigenvalue weighted by Crippen LogP contribution is 2.33. The molecule has 0 spiro atoms. The lowest BCUT2D eigenvalue weighted by Crippen LogP contribution is -2.28. The summed E-state index contributed by atoms with van der Waals surface area (Å²) in [6, 6.07) is 7.78. The van der Waals surface area contributed by atoms with Crippen LogP contribution in [0.25, 0.3) is 0 Å². The van der Waals surface area contributed by atoms with E-state index < -0.39 is 23.5 Å². The molecule has 8 heteroatoms. The summed E-state index contributed by atoms with van der Waals surface area (Å²) in [5.41, 5.74) is 0.596. The van der Waals surface area contributed by atoms with Gasteiger partial charge in [-0.1, -0.05) is 23.2 Å². The molecule has 2 amide bonds. The molecule has 1 unspecified atom stereocenters. The van der Waals surface area contributed by atoms with Crippen molar-refractivity contribution in [3.8, 4) is 0 Å². The van der Waals surface area contributed by atoms with Gasteiger partial charge in [-0.25, -0.2) is 8.78 Å². The zero-order valence-corrected chi connectivity index (χ0v) is 14.2. The molecule has 4 nitrogen and oxygen atoms in total. The van der Waals surface area contributed by atoms with E-state index >= 15 is 0 Å². The smallest absolute Gasteiger partial charge is 0.229 e. The van der Waals surface area contributed by atoms with Crippen molar-refractivity contribution >= 4 is 46.4 Å². The third-order valence-electron chi connectivity index (χ3n) is 3.88. The first-order valence-corrected chi connectivity index (χ1v) is 8.12. The zero-order chi connectivity index (χ0) is 18.1. The van der Waals surface area contributed by atoms with Gasteiger partial charge < -0.3 is 10.2 Å². The number of rotatable bonds is 3. The maximum Gasteiger partial charge on any atom is 0.229 e. The maximum absolute atomic E-state index is 13.2. The predicted molar refractivity (Wildman–Crippen MR) is 91.9 cm³/mol. The van der Waals surface area contributed by atoms with Crippen LogP contribution in [0.5, 0.6) is 0 Å². The molecular formula is C17H12Cl2F2N2O2. The van der Waals surface area contributed by atoms with Gasteiger partial charge >= 0.3 is 0 Å². The van der Waals surface area contributed by atoms with E-state index in [0.717, 1.165) is 12.1 Å². The Bertz CT molecular complexity index is 861. The molecule has 25 heavy (non-hydrogen) atoms. The van der Waals surface area contributed by atoms with Crippen LogP contribution >= 0.6 is 23.2 Å². The van der Waals surface area contributed by atoms with Gasteiger partial charge in [-0.05, 0) is 30.3 Å². The van der Waals surface area contributed by atoms with Gasteiger partial charge in [-0.15, -0.1) is 0 Å². The summed E-state index contributed by atoms with van der Waals surface area (Å²) in [4.78, 5) is 25.9.